The van der Waals surface area contributed by atoms with Crippen LogP contribution in [0.5, 0.6) is 5.75 Å². The number of hydrogen-bond donors (Lipinski definition) is 2. The van der Waals surface area contributed by atoms with Crippen molar-refractivity contribution < 1.29 is 19.4 Å². The number of aryl methyl sites for hydroxylation is 1. The zero-order valence-electron chi connectivity index (χ0n) is 9.66. The molecule has 0 radical (unpaired) electrons. The SMILES string of the molecule is Cc1cc(F)c(O)cc1C1(C(=O)O)CCCC1. The van der Waals surface area contributed by atoms with Gasteiger partial charge in [-0.2, -0.15) is 0 Å². The van der Waals surface area contributed by atoms with Crippen molar-refractivity contribution in [2.75, 3.05) is 0 Å². The van der Waals surface area contributed by atoms with E-state index in [0.29, 0.717) is 24.0 Å². The van der Waals surface area contributed by atoms with Crippen LogP contribution in [0.3, 0.4) is 0 Å². The quantitative estimate of drug-likeness (QED) is 0.832. The summed E-state index contributed by atoms with van der Waals surface area (Å²) >= 11 is 0. The van der Waals surface area contributed by atoms with Crippen molar-refractivity contribution in [3.8, 4) is 5.75 Å². The minimum atomic E-state index is -0.949. The zero-order valence-corrected chi connectivity index (χ0v) is 9.66. The van der Waals surface area contributed by atoms with Gasteiger partial charge < -0.3 is 10.2 Å². The van der Waals surface area contributed by atoms with E-state index in [1.54, 1.807) is 6.92 Å². The van der Waals surface area contributed by atoms with Crippen LogP contribution in [0, 0.1) is 12.7 Å². The third-order valence-electron chi connectivity index (χ3n) is 3.68. The van der Waals surface area contributed by atoms with Gasteiger partial charge in [-0.05, 0) is 43.0 Å². The number of carboxylic acids is 1. The number of carboxylic acid groups (broad SMARTS) is 1. The molecule has 0 spiro atoms. The molecule has 4 heteroatoms. The van der Waals surface area contributed by atoms with Gasteiger partial charge in [-0.15, -0.1) is 0 Å². The first-order chi connectivity index (χ1) is 7.97. The van der Waals surface area contributed by atoms with Crippen molar-refractivity contribution in [1.82, 2.24) is 0 Å². The zero-order chi connectivity index (χ0) is 12.6. The Balaban J connectivity index is 2.58. The van der Waals surface area contributed by atoms with Gasteiger partial charge in [0.15, 0.2) is 11.6 Å². The van der Waals surface area contributed by atoms with Crippen LogP contribution in [0.15, 0.2) is 12.1 Å². The number of hydrogen-bond acceptors (Lipinski definition) is 2. The molecule has 1 aromatic rings. The number of phenols is 1. The Labute approximate surface area is 98.9 Å². The normalized spacial score (nSPS) is 18.2. The minimum absolute atomic E-state index is 0.474. The highest BCUT2D eigenvalue weighted by Gasteiger charge is 2.44. The number of carbonyl (C=O) groups is 1. The number of benzene rings is 1. The van der Waals surface area contributed by atoms with Crippen LogP contribution < -0.4 is 0 Å². The van der Waals surface area contributed by atoms with E-state index in [2.05, 4.69) is 0 Å². The fourth-order valence-electron chi connectivity index (χ4n) is 2.75. The number of rotatable bonds is 2. The first-order valence-electron chi connectivity index (χ1n) is 5.70. The van der Waals surface area contributed by atoms with Crippen molar-refractivity contribution >= 4 is 5.97 Å². The van der Waals surface area contributed by atoms with E-state index in [1.165, 1.54) is 12.1 Å². The molecule has 1 fully saturated rings. The van der Waals surface area contributed by atoms with Gasteiger partial charge in [0.1, 0.15) is 0 Å². The van der Waals surface area contributed by atoms with E-state index in [4.69, 9.17) is 0 Å². The fraction of sp³-hybridized carbons (Fsp3) is 0.462. The first kappa shape index (κ1) is 11.9. The Bertz CT molecular complexity index is 462. The molecule has 92 valence electrons. The smallest absolute Gasteiger partial charge is 0.314 e. The van der Waals surface area contributed by atoms with Crippen LogP contribution in [-0.4, -0.2) is 16.2 Å². The second kappa shape index (κ2) is 4.02. The minimum Gasteiger partial charge on any atom is -0.505 e. The lowest BCUT2D eigenvalue weighted by atomic mass is 9.77. The van der Waals surface area contributed by atoms with E-state index in [1.807, 2.05) is 0 Å². The van der Waals surface area contributed by atoms with Crippen LogP contribution in [0.2, 0.25) is 0 Å². The maximum atomic E-state index is 13.2. The summed E-state index contributed by atoms with van der Waals surface area (Å²) in [6, 6.07) is 2.47. The average molecular weight is 238 g/mol. The first-order valence-corrected chi connectivity index (χ1v) is 5.70. The van der Waals surface area contributed by atoms with E-state index in [0.717, 1.165) is 12.8 Å². The van der Waals surface area contributed by atoms with Gasteiger partial charge in [0.05, 0.1) is 5.41 Å². The Hall–Kier alpha value is -1.58. The molecule has 0 atom stereocenters. The highest BCUT2D eigenvalue weighted by molar-refractivity contribution is 5.82. The van der Waals surface area contributed by atoms with Gasteiger partial charge in [0.2, 0.25) is 0 Å². The van der Waals surface area contributed by atoms with Crippen LogP contribution in [0.25, 0.3) is 0 Å². The van der Waals surface area contributed by atoms with Crippen LogP contribution in [0.1, 0.15) is 36.8 Å². The predicted molar refractivity (Wildman–Crippen MR) is 60.6 cm³/mol. The lowest BCUT2D eigenvalue weighted by Crippen LogP contribution is -2.33. The molecule has 3 nitrogen and oxygen atoms in total. The summed E-state index contributed by atoms with van der Waals surface area (Å²) in [4.78, 5) is 11.5. The third kappa shape index (κ3) is 1.77. The number of halogens is 1. The molecule has 17 heavy (non-hydrogen) atoms. The predicted octanol–water partition coefficient (Wildman–Crippen LogP) is 2.74. The number of phenolic OH excluding ortho intramolecular Hbond substituents is 1. The Morgan fingerprint density at radius 1 is 1.35 bits per heavy atom. The molecule has 2 rings (SSSR count). The molecular weight excluding hydrogens is 223 g/mol. The Morgan fingerprint density at radius 3 is 2.47 bits per heavy atom. The highest BCUT2D eigenvalue weighted by atomic mass is 19.1. The van der Waals surface area contributed by atoms with Gasteiger partial charge in [-0.25, -0.2) is 4.39 Å². The number of aliphatic carboxylic acids is 1. The summed E-state index contributed by atoms with van der Waals surface area (Å²) in [7, 11) is 0. The van der Waals surface area contributed by atoms with Gasteiger partial charge in [0, 0.05) is 0 Å². The maximum absolute atomic E-state index is 13.2. The molecule has 1 aliphatic carbocycles. The summed E-state index contributed by atoms with van der Waals surface area (Å²) in [5.41, 5.74) is 0.181. The molecule has 0 aliphatic heterocycles. The van der Waals surface area contributed by atoms with Crippen molar-refractivity contribution in [3.63, 3.8) is 0 Å². The van der Waals surface area contributed by atoms with E-state index in [-0.39, 0.29) is 0 Å². The van der Waals surface area contributed by atoms with E-state index >= 15 is 0 Å². The molecule has 1 saturated carbocycles. The molecule has 0 saturated heterocycles. The van der Waals surface area contributed by atoms with Crippen molar-refractivity contribution in [1.29, 1.82) is 0 Å². The summed E-state index contributed by atoms with van der Waals surface area (Å²) in [5.74, 6) is -2.06. The summed E-state index contributed by atoms with van der Waals surface area (Å²) in [6.07, 6.45) is 2.80. The monoisotopic (exact) mass is 238 g/mol. The summed E-state index contributed by atoms with van der Waals surface area (Å²) < 4.78 is 13.2. The third-order valence-corrected chi connectivity index (χ3v) is 3.68. The van der Waals surface area contributed by atoms with Gasteiger partial charge >= 0.3 is 5.97 Å². The molecule has 2 N–H and O–H groups in total. The lowest BCUT2D eigenvalue weighted by molar-refractivity contribution is -0.143. The molecule has 0 aromatic heterocycles. The van der Waals surface area contributed by atoms with Crippen LogP contribution >= 0.6 is 0 Å². The van der Waals surface area contributed by atoms with Gasteiger partial charge in [-0.3, -0.25) is 4.79 Å². The van der Waals surface area contributed by atoms with Gasteiger partial charge in [0.25, 0.3) is 0 Å². The molecule has 0 amide bonds. The summed E-state index contributed by atoms with van der Waals surface area (Å²) in [5, 5.41) is 18.8. The topological polar surface area (TPSA) is 57.5 Å². The molecule has 0 bridgehead atoms. The van der Waals surface area contributed by atoms with E-state index < -0.39 is 23.0 Å². The van der Waals surface area contributed by atoms with Gasteiger partial charge in [-0.1, -0.05) is 12.8 Å². The molecular formula is C13H15FO3. The largest absolute Gasteiger partial charge is 0.505 e. The number of aromatic hydroxyl groups is 1. The van der Waals surface area contributed by atoms with Crippen molar-refractivity contribution in [3.05, 3.63) is 29.1 Å². The van der Waals surface area contributed by atoms with Crippen LogP contribution in [0.4, 0.5) is 4.39 Å². The molecule has 0 unspecified atom stereocenters. The lowest BCUT2D eigenvalue weighted by Gasteiger charge is -2.26. The molecule has 1 aromatic carbocycles. The van der Waals surface area contributed by atoms with Crippen molar-refractivity contribution in [2.24, 2.45) is 0 Å². The summed E-state index contributed by atoms with van der Waals surface area (Å²) in [6.45, 7) is 1.68. The second-order valence-electron chi connectivity index (χ2n) is 4.71. The molecule has 0 heterocycles. The second-order valence-corrected chi connectivity index (χ2v) is 4.71. The average Bonchev–Trinajstić information content (AvgIpc) is 2.73. The Kier molecular flexibility index (Phi) is 2.81. The van der Waals surface area contributed by atoms with E-state index in [9.17, 15) is 19.4 Å². The Morgan fingerprint density at radius 2 is 1.94 bits per heavy atom. The highest BCUT2D eigenvalue weighted by Crippen LogP contribution is 2.43. The molecule has 1 aliphatic rings. The van der Waals surface area contributed by atoms with Crippen LogP contribution in [-0.2, 0) is 10.2 Å². The van der Waals surface area contributed by atoms with Crippen molar-refractivity contribution in [2.45, 2.75) is 38.0 Å². The standard InChI is InChI=1S/C13H15FO3/c1-8-6-10(14)11(15)7-9(8)13(12(16)17)4-2-3-5-13/h6-7,15H,2-5H2,1H3,(H,16,17). The fourth-order valence-corrected chi connectivity index (χ4v) is 2.75. The maximum Gasteiger partial charge on any atom is 0.314 e.